The molecule has 1 N–H and O–H groups in total. The quantitative estimate of drug-likeness (QED) is 0.318. The fourth-order valence-electron chi connectivity index (χ4n) is 7.31. The molecule has 0 radical (unpaired) electrons. The van der Waals surface area contributed by atoms with Gasteiger partial charge in [-0.2, -0.15) is 0 Å². The molecule has 2 saturated heterocycles. The number of quaternary nitrogens is 1. The maximum Gasteiger partial charge on any atom is 0.308 e. The van der Waals surface area contributed by atoms with Crippen LogP contribution in [0, 0.1) is 11.3 Å². The molecule has 45 heavy (non-hydrogen) atoms. The predicted octanol–water partition coefficient (Wildman–Crippen LogP) is 4.92. The van der Waals surface area contributed by atoms with E-state index in [0.29, 0.717) is 39.3 Å². The van der Waals surface area contributed by atoms with Crippen LogP contribution in [-0.2, 0) is 32.0 Å². The summed E-state index contributed by atoms with van der Waals surface area (Å²) in [6.07, 6.45) is 2.79. The standard InChI is InChI=1S/C36H51N3O6/c1-7-8-15-38(28-11-9-10-25(19-28)24-39(4,5)6)32(40)23-37-22-29(26-12-13-31-27(20-26)14-16-43-31)33(34(41)42)30(37)21-36(2,3)35-44-17-18-45-35/h9-13,19-20,29-30,33,35H,7-8,14-18,21-24H2,1-6H3/p+1/t29-,30+,33?/m1/s1. The van der Waals surface area contributed by atoms with E-state index in [0.717, 1.165) is 52.9 Å². The minimum Gasteiger partial charge on any atom is -0.493 e. The highest BCUT2D eigenvalue weighted by atomic mass is 16.7. The molecule has 0 saturated carbocycles. The highest BCUT2D eigenvalue weighted by Gasteiger charge is 2.50. The van der Waals surface area contributed by atoms with E-state index in [1.54, 1.807) is 0 Å². The van der Waals surface area contributed by atoms with E-state index >= 15 is 0 Å². The number of nitrogens with zero attached hydrogens (tertiary/aromatic N) is 3. The van der Waals surface area contributed by atoms with E-state index in [2.05, 4.69) is 65.0 Å². The molecule has 3 aliphatic rings. The van der Waals surface area contributed by atoms with Crippen LogP contribution in [0.5, 0.6) is 5.75 Å². The van der Waals surface area contributed by atoms with Crippen LogP contribution in [0.4, 0.5) is 5.69 Å². The molecule has 3 heterocycles. The van der Waals surface area contributed by atoms with Gasteiger partial charge in [-0.05, 0) is 42.2 Å². The Bertz CT molecular complexity index is 1350. The molecule has 1 unspecified atom stereocenters. The van der Waals surface area contributed by atoms with Crippen molar-refractivity contribution in [3.8, 4) is 5.75 Å². The van der Waals surface area contributed by atoms with Gasteiger partial charge < -0.3 is 28.7 Å². The Morgan fingerprint density at radius 2 is 1.82 bits per heavy atom. The number of carbonyl (C=O) groups excluding carboxylic acids is 1. The number of ether oxygens (including phenoxy) is 3. The highest BCUT2D eigenvalue weighted by molar-refractivity contribution is 5.95. The number of benzene rings is 2. The summed E-state index contributed by atoms with van der Waals surface area (Å²) in [4.78, 5) is 31.4. The monoisotopic (exact) mass is 622 g/mol. The number of carbonyl (C=O) groups is 2. The lowest BCUT2D eigenvalue weighted by atomic mass is 9.77. The number of rotatable bonds is 13. The summed E-state index contributed by atoms with van der Waals surface area (Å²) >= 11 is 0. The average Bonchev–Trinajstić information content (AvgIpc) is 3.73. The van der Waals surface area contributed by atoms with Crippen LogP contribution in [0.15, 0.2) is 42.5 Å². The fraction of sp³-hybridized carbons (Fsp3) is 0.611. The number of aliphatic carboxylic acids is 1. The van der Waals surface area contributed by atoms with Crippen LogP contribution >= 0.6 is 0 Å². The molecule has 9 heteroatoms. The van der Waals surface area contributed by atoms with E-state index in [1.165, 1.54) is 5.56 Å². The van der Waals surface area contributed by atoms with Crippen LogP contribution < -0.4 is 9.64 Å². The first-order valence-corrected chi connectivity index (χ1v) is 16.5. The van der Waals surface area contributed by atoms with Crippen molar-refractivity contribution in [2.45, 2.75) is 71.2 Å². The second-order valence-electron chi connectivity index (χ2n) is 14.7. The zero-order valence-corrected chi connectivity index (χ0v) is 28.0. The number of fused-ring (bicyclic) bond motifs is 1. The first-order chi connectivity index (χ1) is 21.4. The maximum absolute atomic E-state index is 14.3. The minimum absolute atomic E-state index is 0.00540. The molecule has 2 aromatic rings. The molecule has 0 spiro atoms. The number of carboxylic acids is 1. The van der Waals surface area contributed by atoms with Gasteiger partial charge in [0.1, 0.15) is 12.3 Å². The summed E-state index contributed by atoms with van der Waals surface area (Å²) in [5.74, 6) is -0.908. The van der Waals surface area contributed by atoms with Gasteiger partial charge in [-0.15, -0.1) is 0 Å². The van der Waals surface area contributed by atoms with Crippen LogP contribution in [0.2, 0.25) is 0 Å². The summed E-state index contributed by atoms with van der Waals surface area (Å²) in [7, 11) is 6.48. The van der Waals surface area contributed by atoms with E-state index in [-0.39, 0.29) is 24.4 Å². The van der Waals surface area contributed by atoms with E-state index in [4.69, 9.17) is 14.2 Å². The first kappa shape index (κ1) is 33.4. The Morgan fingerprint density at radius 3 is 2.51 bits per heavy atom. The molecule has 3 atom stereocenters. The molecule has 9 nitrogen and oxygen atoms in total. The first-order valence-electron chi connectivity index (χ1n) is 16.5. The molecule has 0 aliphatic carbocycles. The van der Waals surface area contributed by atoms with Crippen LogP contribution in [0.25, 0.3) is 0 Å². The van der Waals surface area contributed by atoms with Crippen molar-refractivity contribution >= 4 is 17.6 Å². The van der Waals surface area contributed by atoms with Crippen molar-refractivity contribution in [2.75, 3.05) is 65.5 Å². The van der Waals surface area contributed by atoms with Crippen molar-refractivity contribution in [3.63, 3.8) is 0 Å². The number of anilines is 1. The summed E-state index contributed by atoms with van der Waals surface area (Å²) in [5.41, 5.74) is 3.74. The topological polar surface area (TPSA) is 88.5 Å². The van der Waals surface area contributed by atoms with Crippen molar-refractivity contribution in [1.82, 2.24) is 4.90 Å². The minimum atomic E-state index is -0.836. The summed E-state index contributed by atoms with van der Waals surface area (Å²) in [6, 6.07) is 14.0. The third-order valence-electron chi connectivity index (χ3n) is 9.42. The largest absolute Gasteiger partial charge is 0.493 e. The molecule has 0 bridgehead atoms. The zero-order chi connectivity index (χ0) is 32.4. The number of hydrogen-bond donors (Lipinski definition) is 1. The zero-order valence-electron chi connectivity index (χ0n) is 28.0. The maximum atomic E-state index is 14.3. The average molecular weight is 623 g/mol. The van der Waals surface area contributed by atoms with Crippen molar-refractivity contribution in [3.05, 3.63) is 59.2 Å². The Kier molecular flexibility index (Phi) is 10.2. The lowest BCUT2D eigenvalue weighted by Crippen LogP contribution is -2.47. The number of unbranched alkanes of at least 4 members (excludes halogenated alkanes) is 1. The Balaban J connectivity index is 1.46. The summed E-state index contributed by atoms with van der Waals surface area (Å²) < 4.78 is 18.3. The molecular formula is C36H52N3O6+. The van der Waals surface area contributed by atoms with Crippen LogP contribution in [0.3, 0.4) is 0 Å². The Morgan fingerprint density at radius 1 is 1.07 bits per heavy atom. The lowest BCUT2D eigenvalue weighted by Gasteiger charge is -2.37. The van der Waals surface area contributed by atoms with Crippen LogP contribution in [-0.4, -0.2) is 99.3 Å². The van der Waals surface area contributed by atoms with Crippen LogP contribution in [0.1, 0.15) is 62.6 Å². The number of hydrogen-bond acceptors (Lipinski definition) is 6. The molecule has 5 rings (SSSR count). The lowest BCUT2D eigenvalue weighted by molar-refractivity contribution is -0.884. The molecule has 246 valence electrons. The molecule has 2 fully saturated rings. The smallest absolute Gasteiger partial charge is 0.308 e. The third-order valence-corrected chi connectivity index (χ3v) is 9.42. The Hall–Kier alpha value is -2.98. The van der Waals surface area contributed by atoms with Crippen molar-refractivity contribution < 1.29 is 33.4 Å². The molecular weight excluding hydrogens is 570 g/mol. The SMILES string of the molecule is CCCCN(C(=O)CN1C[C@H](c2ccc3c(c2)CCO3)C(C(=O)O)[C@@H]1CC(C)(C)C1OCCO1)c1cccc(C[N+](C)(C)C)c1. The molecule has 3 aliphatic heterocycles. The molecule has 1 amide bonds. The number of likely N-dealkylation sites (tertiary alicyclic amines) is 1. The van der Waals surface area contributed by atoms with Gasteiger partial charge in [0, 0.05) is 48.1 Å². The Labute approximate surface area is 268 Å². The van der Waals surface area contributed by atoms with Crippen molar-refractivity contribution in [2.24, 2.45) is 11.3 Å². The summed E-state index contributed by atoms with van der Waals surface area (Å²) in [5, 5.41) is 10.7. The second-order valence-corrected chi connectivity index (χ2v) is 14.7. The second kappa shape index (κ2) is 13.8. The van der Waals surface area contributed by atoms with Gasteiger partial charge in [-0.3, -0.25) is 14.5 Å². The van der Waals surface area contributed by atoms with Gasteiger partial charge >= 0.3 is 5.97 Å². The van der Waals surface area contributed by atoms with Gasteiger partial charge in [-0.25, -0.2) is 0 Å². The third kappa shape index (κ3) is 7.88. The van der Waals surface area contributed by atoms with Gasteiger partial charge in [0.25, 0.3) is 0 Å². The number of amides is 1. The van der Waals surface area contributed by atoms with E-state index < -0.39 is 23.6 Å². The van der Waals surface area contributed by atoms with Crippen molar-refractivity contribution in [1.29, 1.82) is 0 Å². The summed E-state index contributed by atoms with van der Waals surface area (Å²) in [6.45, 7) is 10.1. The van der Waals surface area contributed by atoms with Gasteiger partial charge in [0.05, 0.1) is 53.4 Å². The van der Waals surface area contributed by atoms with Gasteiger partial charge in [0.2, 0.25) is 5.91 Å². The van der Waals surface area contributed by atoms with Gasteiger partial charge in [0.15, 0.2) is 6.29 Å². The highest BCUT2D eigenvalue weighted by Crippen LogP contribution is 2.45. The van der Waals surface area contributed by atoms with Gasteiger partial charge in [-0.1, -0.05) is 51.5 Å². The van der Waals surface area contributed by atoms with E-state index in [1.807, 2.05) is 29.2 Å². The number of carboxylic acid groups (broad SMARTS) is 1. The normalized spacial score (nSPS) is 22.4. The predicted molar refractivity (Wildman–Crippen MR) is 174 cm³/mol. The molecule has 2 aromatic carbocycles. The molecule has 0 aromatic heterocycles. The van der Waals surface area contributed by atoms with E-state index in [9.17, 15) is 14.7 Å². The fourth-order valence-corrected chi connectivity index (χ4v) is 7.31.